The number of fused-ring (bicyclic) bond motifs is 1. The summed E-state index contributed by atoms with van der Waals surface area (Å²) in [5.74, 6) is 0.177. The van der Waals surface area contributed by atoms with Crippen molar-refractivity contribution in [2.75, 3.05) is 32.1 Å². The lowest BCUT2D eigenvalue weighted by Gasteiger charge is -2.20. The molecule has 3 rings (SSSR count). The fourth-order valence-corrected chi connectivity index (χ4v) is 3.64. The van der Waals surface area contributed by atoms with Gasteiger partial charge in [0.05, 0.1) is 16.5 Å². The molecule has 7 heteroatoms. The number of likely N-dealkylation sites (N-methyl/N-ethyl adjacent to an activating group) is 1. The molecule has 3 aromatic rings. The Morgan fingerprint density at radius 3 is 2.64 bits per heavy atom. The van der Waals surface area contributed by atoms with Gasteiger partial charge in [0.2, 0.25) is 0 Å². The Morgan fingerprint density at radius 1 is 1.24 bits per heavy atom. The van der Waals surface area contributed by atoms with Gasteiger partial charge in [-0.05, 0) is 57.3 Å². The van der Waals surface area contributed by atoms with E-state index in [9.17, 15) is 4.79 Å². The zero-order valence-corrected chi connectivity index (χ0v) is 16.4. The maximum atomic E-state index is 12.8. The number of benzene rings is 1. The number of aryl methyl sites for hydroxylation is 2. The molecular formula is C18H22ClN3O2S. The highest BCUT2D eigenvalue weighted by Gasteiger charge is 2.23. The fourth-order valence-electron chi connectivity index (χ4n) is 2.60. The van der Waals surface area contributed by atoms with Crippen molar-refractivity contribution in [3.63, 3.8) is 0 Å². The standard InChI is InChI=1S/C18H21N3O2S.ClH/c1-12-10-13(2)16-14(11-12)19-18(24-16)21(8-7-20(3)4)17(22)15-6-5-9-23-15;/h5-6,9-11H,7-8H2,1-4H3;1H. The molecule has 0 radical (unpaired) electrons. The van der Waals surface area contributed by atoms with Crippen molar-refractivity contribution in [1.82, 2.24) is 9.88 Å². The summed E-state index contributed by atoms with van der Waals surface area (Å²) in [7, 11) is 3.98. The lowest BCUT2D eigenvalue weighted by molar-refractivity contribution is 0.0958. The highest BCUT2D eigenvalue weighted by atomic mass is 35.5. The molecular weight excluding hydrogens is 358 g/mol. The second kappa shape index (κ2) is 7.99. The van der Waals surface area contributed by atoms with Crippen molar-refractivity contribution in [2.24, 2.45) is 0 Å². The van der Waals surface area contributed by atoms with Gasteiger partial charge >= 0.3 is 0 Å². The number of furan rings is 1. The molecule has 0 unspecified atom stereocenters. The van der Waals surface area contributed by atoms with Crippen molar-refractivity contribution in [1.29, 1.82) is 0 Å². The van der Waals surface area contributed by atoms with Crippen LogP contribution >= 0.6 is 23.7 Å². The summed E-state index contributed by atoms with van der Waals surface area (Å²) in [6, 6.07) is 7.61. The van der Waals surface area contributed by atoms with E-state index in [0.717, 1.165) is 16.8 Å². The van der Waals surface area contributed by atoms with Crippen LogP contribution < -0.4 is 4.90 Å². The molecule has 0 saturated heterocycles. The number of nitrogens with zero attached hydrogens (tertiary/aromatic N) is 3. The predicted molar refractivity (Wildman–Crippen MR) is 105 cm³/mol. The van der Waals surface area contributed by atoms with Gasteiger partial charge in [0.15, 0.2) is 10.9 Å². The number of hydrogen-bond acceptors (Lipinski definition) is 5. The van der Waals surface area contributed by atoms with Crippen LogP contribution in [0.25, 0.3) is 10.2 Å². The highest BCUT2D eigenvalue weighted by Crippen LogP contribution is 2.32. The van der Waals surface area contributed by atoms with E-state index >= 15 is 0 Å². The van der Waals surface area contributed by atoms with E-state index in [4.69, 9.17) is 9.40 Å². The van der Waals surface area contributed by atoms with Crippen LogP contribution in [0, 0.1) is 13.8 Å². The van der Waals surface area contributed by atoms with Crippen LogP contribution in [-0.2, 0) is 0 Å². The lowest BCUT2D eigenvalue weighted by Crippen LogP contribution is -2.36. The summed E-state index contributed by atoms with van der Waals surface area (Å²) >= 11 is 1.55. The van der Waals surface area contributed by atoms with Crippen molar-refractivity contribution in [2.45, 2.75) is 13.8 Å². The van der Waals surface area contributed by atoms with Crippen LogP contribution in [-0.4, -0.2) is 43.0 Å². The van der Waals surface area contributed by atoms with E-state index < -0.39 is 0 Å². The Balaban J connectivity index is 0.00000225. The number of carbonyl (C=O) groups excluding carboxylic acids is 1. The number of amides is 1. The zero-order chi connectivity index (χ0) is 17.3. The smallest absolute Gasteiger partial charge is 0.295 e. The van der Waals surface area contributed by atoms with Crippen LogP contribution in [0.15, 0.2) is 34.9 Å². The molecule has 0 N–H and O–H groups in total. The number of thiazole rings is 1. The van der Waals surface area contributed by atoms with Gasteiger partial charge in [-0.15, -0.1) is 12.4 Å². The largest absolute Gasteiger partial charge is 0.459 e. The van der Waals surface area contributed by atoms with E-state index in [-0.39, 0.29) is 18.3 Å². The molecule has 0 aliphatic rings. The van der Waals surface area contributed by atoms with Gasteiger partial charge < -0.3 is 9.32 Å². The van der Waals surface area contributed by atoms with Crippen LogP contribution in [0.2, 0.25) is 0 Å². The summed E-state index contributed by atoms with van der Waals surface area (Å²) in [6.45, 7) is 5.45. The van der Waals surface area contributed by atoms with Crippen molar-refractivity contribution >= 4 is 45.0 Å². The van der Waals surface area contributed by atoms with E-state index in [2.05, 4.69) is 26.0 Å². The van der Waals surface area contributed by atoms with Crippen LogP contribution in [0.5, 0.6) is 0 Å². The van der Waals surface area contributed by atoms with E-state index in [0.29, 0.717) is 17.4 Å². The maximum Gasteiger partial charge on any atom is 0.295 e. The van der Waals surface area contributed by atoms with Crippen molar-refractivity contribution < 1.29 is 9.21 Å². The van der Waals surface area contributed by atoms with Crippen LogP contribution in [0.1, 0.15) is 21.7 Å². The molecule has 134 valence electrons. The Bertz CT molecular complexity index is 859. The van der Waals surface area contributed by atoms with E-state index in [1.807, 2.05) is 19.0 Å². The van der Waals surface area contributed by atoms with Crippen molar-refractivity contribution in [3.8, 4) is 0 Å². The van der Waals surface area contributed by atoms with Gasteiger partial charge in [-0.1, -0.05) is 17.4 Å². The van der Waals surface area contributed by atoms with Crippen LogP contribution in [0.4, 0.5) is 5.13 Å². The van der Waals surface area contributed by atoms with Gasteiger partial charge in [0, 0.05) is 13.1 Å². The molecule has 0 fully saturated rings. The zero-order valence-electron chi connectivity index (χ0n) is 14.8. The molecule has 0 saturated carbocycles. The Morgan fingerprint density at radius 2 is 2.00 bits per heavy atom. The van der Waals surface area contributed by atoms with Gasteiger partial charge in [-0.3, -0.25) is 9.69 Å². The second-order valence-electron chi connectivity index (χ2n) is 6.16. The number of anilines is 1. The maximum absolute atomic E-state index is 12.8. The van der Waals surface area contributed by atoms with Crippen LogP contribution in [0.3, 0.4) is 0 Å². The Kier molecular flexibility index (Phi) is 6.21. The average Bonchev–Trinajstić information content (AvgIpc) is 3.16. The summed E-state index contributed by atoms with van der Waals surface area (Å²) in [6.07, 6.45) is 1.52. The molecule has 0 atom stereocenters. The molecule has 1 amide bonds. The normalized spacial score (nSPS) is 10.9. The molecule has 2 aromatic heterocycles. The summed E-state index contributed by atoms with van der Waals surface area (Å²) < 4.78 is 6.42. The second-order valence-corrected chi connectivity index (χ2v) is 7.14. The monoisotopic (exact) mass is 379 g/mol. The van der Waals surface area contributed by atoms with Gasteiger partial charge in [-0.25, -0.2) is 4.98 Å². The Hall–Kier alpha value is -1.89. The Labute approximate surface area is 157 Å². The SMILES string of the molecule is Cc1cc(C)c2sc(N(CCN(C)C)C(=O)c3ccco3)nc2c1.Cl. The number of aromatic nitrogens is 1. The average molecular weight is 380 g/mol. The lowest BCUT2D eigenvalue weighted by atomic mass is 10.1. The van der Waals surface area contributed by atoms with E-state index in [1.165, 1.54) is 17.4 Å². The van der Waals surface area contributed by atoms with Gasteiger partial charge in [0.1, 0.15) is 0 Å². The highest BCUT2D eigenvalue weighted by molar-refractivity contribution is 7.22. The molecule has 2 heterocycles. The quantitative estimate of drug-likeness (QED) is 0.668. The first-order chi connectivity index (χ1) is 11.5. The minimum atomic E-state index is -0.157. The number of halogens is 1. The summed E-state index contributed by atoms with van der Waals surface area (Å²) in [5, 5.41) is 0.710. The van der Waals surface area contributed by atoms with Crippen molar-refractivity contribution in [3.05, 3.63) is 47.4 Å². The molecule has 25 heavy (non-hydrogen) atoms. The van der Waals surface area contributed by atoms with Gasteiger partial charge in [0.25, 0.3) is 5.91 Å². The third-order valence-corrected chi connectivity index (χ3v) is 5.02. The summed E-state index contributed by atoms with van der Waals surface area (Å²) in [5.41, 5.74) is 3.30. The number of hydrogen-bond donors (Lipinski definition) is 0. The first kappa shape index (κ1) is 19.4. The first-order valence-corrected chi connectivity index (χ1v) is 8.65. The third-order valence-electron chi connectivity index (χ3n) is 3.79. The molecule has 0 bridgehead atoms. The molecule has 0 spiro atoms. The molecule has 0 aliphatic heterocycles. The topological polar surface area (TPSA) is 49.6 Å². The minimum Gasteiger partial charge on any atom is -0.459 e. The number of carbonyl (C=O) groups is 1. The third kappa shape index (κ3) is 4.21. The van der Waals surface area contributed by atoms with E-state index in [1.54, 1.807) is 28.4 Å². The minimum absolute atomic E-state index is 0. The first-order valence-electron chi connectivity index (χ1n) is 7.83. The molecule has 1 aromatic carbocycles. The molecule has 5 nitrogen and oxygen atoms in total. The number of rotatable bonds is 5. The summed E-state index contributed by atoms with van der Waals surface area (Å²) in [4.78, 5) is 21.3. The molecule has 0 aliphatic carbocycles. The van der Waals surface area contributed by atoms with Gasteiger partial charge in [-0.2, -0.15) is 0 Å². The predicted octanol–water partition coefficient (Wildman–Crippen LogP) is 4.14. The fraction of sp³-hybridized carbons (Fsp3) is 0.333.